The molecule has 5 heteroatoms. The average molecular weight is 295 g/mol. The number of nitrogen functional groups attached to an aromatic ring is 1. The summed E-state index contributed by atoms with van der Waals surface area (Å²) >= 11 is 0. The van der Waals surface area contributed by atoms with Crippen molar-refractivity contribution in [2.45, 2.75) is 19.9 Å². The highest BCUT2D eigenvalue weighted by atomic mass is 16.4. The van der Waals surface area contributed by atoms with Gasteiger partial charge in [-0.15, -0.1) is 0 Å². The first-order valence-corrected chi connectivity index (χ1v) is 7.07. The van der Waals surface area contributed by atoms with Crippen LogP contribution in [0.2, 0.25) is 0 Å². The third-order valence-electron chi connectivity index (χ3n) is 3.74. The minimum atomic E-state index is -0.433. The van der Waals surface area contributed by atoms with Crippen molar-refractivity contribution in [2.75, 3.05) is 11.1 Å². The first-order valence-electron chi connectivity index (χ1n) is 7.07. The highest BCUT2D eigenvalue weighted by molar-refractivity contribution is 5.85. The van der Waals surface area contributed by atoms with Crippen molar-refractivity contribution in [1.29, 1.82) is 0 Å². The zero-order valence-corrected chi connectivity index (χ0v) is 12.5. The molecule has 0 amide bonds. The van der Waals surface area contributed by atoms with Crippen molar-refractivity contribution in [1.82, 2.24) is 4.98 Å². The maximum Gasteiger partial charge on any atom is 0.348 e. The average Bonchev–Trinajstić information content (AvgIpc) is 2.51. The van der Waals surface area contributed by atoms with Gasteiger partial charge in [0.15, 0.2) is 0 Å². The van der Waals surface area contributed by atoms with Crippen LogP contribution in [0.4, 0.5) is 11.7 Å². The van der Waals surface area contributed by atoms with Crippen molar-refractivity contribution >= 4 is 22.6 Å². The number of nitrogens with zero attached hydrogens (tertiary/aromatic N) is 1. The van der Waals surface area contributed by atoms with E-state index in [0.29, 0.717) is 22.2 Å². The number of nitrogens with two attached hydrogens (primary N) is 1. The number of aromatic nitrogens is 1. The van der Waals surface area contributed by atoms with Crippen LogP contribution in [0.5, 0.6) is 0 Å². The third-order valence-corrected chi connectivity index (χ3v) is 3.74. The van der Waals surface area contributed by atoms with Crippen molar-refractivity contribution < 1.29 is 4.42 Å². The van der Waals surface area contributed by atoms with Gasteiger partial charge in [0.1, 0.15) is 0 Å². The predicted octanol–water partition coefficient (Wildman–Crippen LogP) is 3.25. The van der Waals surface area contributed by atoms with Gasteiger partial charge in [0.05, 0.1) is 16.9 Å². The molecule has 0 fully saturated rings. The fraction of sp³-hybridized carbons (Fsp3) is 0.176. The molecule has 0 saturated heterocycles. The summed E-state index contributed by atoms with van der Waals surface area (Å²) in [6.45, 7) is 3.77. The minimum Gasteiger partial charge on any atom is -0.398 e. The standard InChI is InChI=1S/C17H17N3O2/c1-10-13(18)8-9-14-15(10)16(21)22-17(20-14)19-11(2)12-6-4-3-5-7-12/h3-9,11H,18H2,1-2H3,(H,19,20)/t11-/m0/s1. The molecule has 0 aliphatic carbocycles. The number of benzene rings is 2. The largest absolute Gasteiger partial charge is 0.398 e. The van der Waals surface area contributed by atoms with E-state index in [4.69, 9.17) is 10.2 Å². The van der Waals surface area contributed by atoms with Crippen LogP contribution in [-0.4, -0.2) is 4.98 Å². The van der Waals surface area contributed by atoms with Gasteiger partial charge in [0.25, 0.3) is 6.01 Å². The second-order valence-electron chi connectivity index (χ2n) is 5.26. The van der Waals surface area contributed by atoms with Gasteiger partial charge < -0.3 is 15.5 Å². The summed E-state index contributed by atoms with van der Waals surface area (Å²) in [5.41, 5.74) is 8.30. The van der Waals surface area contributed by atoms with E-state index in [1.165, 1.54) is 0 Å². The van der Waals surface area contributed by atoms with Crippen molar-refractivity contribution in [3.8, 4) is 0 Å². The zero-order chi connectivity index (χ0) is 15.7. The van der Waals surface area contributed by atoms with Crippen LogP contribution in [0.3, 0.4) is 0 Å². The molecule has 0 bridgehead atoms. The summed E-state index contributed by atoms with van der Waals surface area (Å²) in [7, 11) is 0. The molecule has 1 heterocycles. The number of rotatable bonds is 3. The van der Waals surface area contributed by atoms with Crippen molar-refractivity contribution in [3.05, 3.63) is 64.0 Å². The van der Waals surface area contributed by atoms with E-state index in [9.17, 15) is 4.79 Å². The zero-order valence-electron chi connectivity index (χ0n) is 12.5. The lowest BCUT2D eigenvalue weighted by Crippen LogP contribution is -2.12. The molecule has 5 nitrogen and oxygen atoms in total. The normalized spacial score (nSPS) is 12.3. The summed E-state index contributed by atoms with van der Waals surface area (Å²) in [5, 5.41) is 3.54. The predicted molar refractivity (Wildman–Crippen MR) is 87.9 cm³/mol. The lowest BCUT2D eigenvalue weighted by atomic mass is 10.1. The Hall–Kier alpha value is -2.82. The van der Waals surface area contributed by atoms with Gasteiger partial charge in [0.2, 0.25) is 0 Å². The summed E-state index contributed by atoms with van der Waals surface area (Å²) in [5.74, 6) is 0. The van der Waals surface area contributed by atoms with E-state index in [1.807, 2.05) is 37.3 Å². The van der Waals surface area contributed by atoms with Crippen LogP contribution >= 0.6 is 0 Å². The first kappa shape index (κ1) is 14.1. The van der Waals surface area contributed by atoms with Gasteiger partial charge in [-0.1, -0.05) is 30.3 Å². The molecule has 2 aromatic carbocycles. The van der Waals surface area contributed by atoms with Gasteiger partial charge in [-0.25, -0.2) is 4.79 Å². The maximum atomic E-state index is 12.2. The number of hydrogen-bond acceptors (Lipinski definition) is 5. The summed E-state index contributed by atoms with van der Waals surface area (Å²) in [6, 6.07) is 13.5. The maximum absolute atomic E-state index is 12.2. The Kier molecular flexibility index (Phi) is 3.55. The quantitative estimate of drug-likeness (QED) is 0.725. The molecule has 1 atom stereocenters. The van der Waals surface area contributed by atoms with E-state index in [0.717, 1.165) is 5.56 Å². The molecule has 112 valence electrons. The number of aryl methyl sites for hydroxylation is 1. The molecule has 0 spiro atoms. The summed E-state index contributed by atoms with van der Waals surface area (Å²) in [6.07, 6.45) is 0. The Labute approximate surface area is 127 Å². The first-order chi connectivity index (χ1) is 10.6. The van der Waals surface area contributed by atoms with Crippen molar-refractivity contribution in [3.63, 3.8) is 0 Å². The van der Waals surface area contributed by atoms with Gasteiger partial charge in [-0.3, -0.25) is 0 Å². The highest BCUT2D eigenvalue weighted by Gasteiger charge is 2.12. The summed E-state index contributed by atoms with van der Waals surface area (Å²) < 4.78 is 5.29. The minimum absolute atomic E-state index is 0.0239. The Bertz CT molecular complexity index is 872. The van der Waals surface area contributed by atoms with Crippen LogP contribution in [0, 0.1) is 6.92 Å². The van der Waals surface area contributed by atoms with E-state index in [2.05, 4.69) is 10.3 Å². The number of nitrogens with one attached hydrogen (secondary N) is 1. The Morgan fingerprint density at radius 1 is 1.18 bits per heavy atom. The lowest BCUT2D eigenvalue weighted by molar-refractivity contribution is 0.510. The molecule has 3 aromatic rings. The number of hydrogen-bond donors (Lipinski definition) is 2. The molecule has 1 aromatic heterocycles. The van der Waals surface area contributed by atoms with Crippen LogP contribution in [0.25, 0.3) is 10.9 Å². The smallest absolute Gasteiger partial charge is 0.348 e. The second kappa shape index (κ2) is 5.52. The van der Waals surface area contributed by atoms with Crippen LogP contribution in [0.15, 0.2) is 51.7 Å². The SMILES string of the molecule is Cc1c(N)ccc2nc(N[C@@H](C)c3ccccc3)oc(=O)c12. The Morgan fingerprint density at radius 3 is 2.64 bits per heavy atom. The highest BCUT2D eigenvalue weighted by Crippen LogP contribution is 2.22. The third kappa shape index (κ3) is 2.53. The van der Waals surface area contributed by atoms with Gasteiger partial charge >= 0.3 is 5.63 Å². The number of anilines is 2. The van der Waals surface area contributed by atoms with Crippen LogP contribution in [0.1, 0.15) is 24.1 Å². The van der Waals surface area contributed by atoms with E-state index < -0.39 is 5.63 Å². The molecular weight excluding hydrogens is 278 g/mol. The summed E-state index contributed by atoms with van der Waals surface area (Å²) in [4.78, 5) is 16.6. The molecule has 0 aliphatic rings. The van der Waals surface area contributed by atoms with Crippen LogP contribution < -0.4 is 16.7 Å². The fourth-order valence-electron chi connectivity index (χ4n) is 2.41. The monoisotopic (exact) mass is 295 g/mol. The molecule has 3 rings (SSSR count). The second-order valence-corrected chi connectivity index (χ2v) is 5.26. The molecule has 0 aliphatic heterocycles. The molecule has 0 saturated carbocycles. The fourth-order valence-corrected chi connectivity index (χ4v) is 2.41. The van der Waals surface area contributed by atoms with Gasteiger partial charge in [-0.05, 0) is 37.1 Å². The van der Waals surface area contributed by atoms with Gasteiger partial charge in [-0.2, -0.15) is 4.98 Å². The van der Waals surface area contributed by atoms with Gasteiger partial charge in [0, 0.05) is 5.69 Å². The van der Waals surface area contributed by atoms with E-state index in [1.54, 1.807) is 19.1 Å². The Balaban J connectivity index is 1.99. The van der Waals surface area contributed by atoms with E-state index >= 15 is 0 Å². The van der Waals surface area contributed by atoms with Crippen LogP contribution in [-0.2, 0) is 0 Å². The molecule has 22 heavy (non-hydrogen) atoms. The number of fused-ring (bicyclic) bond motifs is 1. The molecule has 0 radical (unpaired) electrons. The Morgan fingerprint density at radius 2 is 1.91 bits per heavy atom. The molecule has 0 unspecified atom stereocenters. The molecule has 3 N–H and O–H groups in total. The topological polar surface area (TPSA) is 81.2 Å². The lowest BCUT2D eigenvalue weighted by Gasteiger charge is -2.14. The molecular formula is C17H17N3O2. The van der Waals surface area contributed by atoms with Crippen molar-refractivity contribution in [2.24, 2.45) is 0 Å². The van der Waals surface area contributed by atoms with E-state index in [-0.39, 0.29) is 12.1 Å².